The molecule has 0 spiro atoms. The van der Waals surface area contributed by atoms with Crippen LogP contribution in [0.4, 0.5) is 0 Å². The van der Waals surface area contributed by atoms with Crippen LogP contribution in [-0.4, -0.2) is 42.0 Å². The van der Waals surface area contributed by atoms with Gasteiger partial charge in [-0.15, -0.1) is 0 Å². The summed E-state index contributed by atoms with van der Waals surface area (Å²) in [4.78, 5) is 37.2. The average molecular weight is 405 g/mol. The lowest BCUT2D eigenvalue weighted by Gasteiger charge is -2.00. The molecule has 24 heavy (non-hydrogen) atoms. The predicted molar refractivity (Wildman–Crippen MR) is 84.2 cm³/mol. The predicted octanol–water partition coefficient (Wildman–Crippen LogP) is 2.02. The van der Waals surface area contributed by atoms with E-state index in [1.54, 1.807) is 27.7 Å². The molecule has 10 heteroatoms. The molecule has 1 unspecified atom stereocenters. The fraction of sp³-hybridized carbons (Fsp3) is 0.500. The van der Waals surface area contributed by atoms with Crippen LogP contribution in [0.15, 0.2) is 14.3 Å². The zero-order valence-corrected chi connectivity index (χ0v) is 15.2. The Labute approximate surface area is 146 Å². The summed E-state index contributed by atoms with van der Waals surface area (Å²) in [5.41, 5.74) is 0.930. The number of oxime groups is 1. The van der Waals surface area contributed by atoms with E-state index >= 15 is 0 Å². The number of carbonyl (C=O) groups is 3. The minimum atomic E-state index is -0.607. The fourth-order valence-corrected chi connectivity index (χ4v) is 1.75. The van der Waals surface area contributed by atoms with E-state index in [1.807, 2.05) is 0 Å². The van der Waals surface area contributed by atoms with Gasteiger partial charge in [0.1, 0.15) is 5.92 Å². The zero-order chi connectivity index (χ0) is 18.3. The lowest BCUT2D eigenvalue weighted by molar-refractivity contribution is -0.143. The normalized spacial score (nSPS) is 15.8. The molecular weight excluding hydrogens is 388 g/mol. The Morgan fingerprint density at radius 3 is 2.21 bits per heavy atom. The van der Waals surface area contributed by atoms with Gasteiger partial charge in [-0.25, -0.2) is 14.4 Å². The summed E-state index contributed by atoms with van der Waals surface area (Å²) in [6, 6.07) is 0. The van der Waals surface area contributed by atoms with Gasteiger partial charge < -0.3 is 18.8 Å². The number of rotatable bonds is 4. The standard InChI is InChI=1S/C7H8BrNO3.C7H9NO4/c1-3-11-7(10)5-4(2)6(8)12-9-5;1-3-11-7(10)5-4(2)6(9)12-8-5/h3H2,1-2H3;4H,3H2,1-2H3. The highest BCUT2D eigenvalue weighted by molar-refractivity contribution is 9.10. The van der Waals surface area contributed by atoms with Crippen molar-refractivity contribution in [2.24, 2.45) is 11.1 Å². The van der Waals surface area contributed by atoms with Gasteiger partial charge in [0.25, 0.3) is 0 Å². The largest absolute Gasteiger partial charge is 0.461 e. The summed E-state index contributed by atoms with van der Waals surface area (Å²) in [6.45, 7) is 7.29. The number of esters is 2. The molecule has 0 fully saturated rings. The van der Waals surface area contributed by atoms with E-state index in [0.717, 1.165) is 0 Å². The second-order valence-corrected chi connectivity index (χ2v) is 5.20. The monoisotopic (exact) mass is 404 g/mol. The number of aromatic nitrogens is 1. The lowest BCUT2D eigenvalue weighted by Crippen LogP contribution is -2.24. The Morgan fingerprint density at radius 2 is 1.79 bits per heavy atom. The molecule has 0 aliphatic carbocycles. The van der Waals surface area contributed by atoms with Crippen LogP contribution >= 0.6 is 15.9 Å². The maximum Gasteiger partial charge on any atom is 0.360 e. The van der Waals surface area contributed by atoms with Crippen LogP contribution in [0.25, 0.3) is 0 Å². The summed E-state index contributed by atoms with van der Waals surface area (Å²) in [5.74, 6) is -2.16. The Hall–Kier alpha value is -2.23. The molecule has 0 bridgehead atoms. The molecule has 0 saturated heterocycles. The van der Waals surface area contributed by atoms with Gasteiger partial charge in [-0.05, 0) is 43.6 Å². The molecule has 1 aliphatic rings. The molecule has 1 aromatic heterocycles. The van der Waals surface area contributed by atoms with E-state index in [9.17, 15) is 14.4 Å². The molecule has 9 nitrogen and oxygen atoms in total. The van der Waals surface area contributed by atoms with Crippen LogP contribution in [0, 0.1) is 12.8 Å². The first-order valence-corrected chi connectivity index (χ1v) is 7.87. The molecule has 2 rings (SSSR count). The van der Waals surface area contributed by atoms with Crippen LogP contribution in [-0.2, 0) is 23.9 Å². The van der Waals surface area contributed by atoms with Crippen LogP contribution in [0.2, 0.25) is 0 Å². The summed E-state index contributed by atoms with van der Waals surface area (Å²) >= 11 is 3.10. The number of hydrogen-bond acceptors (Lipinski definition) is 9. The van der Waals surface area contributed by atoms with Gasteiger partial charge in [-0.3, -0.25) is 0 Å². The molecule has 0 radical (unpaired) electrons. The first kappa shape index (κ1) is 19.8. The van der Waals surface area contributed by atoms with Crippen molar-refractivity contribution in [1.82, 2.24) is 5.16 Å². The molecule has 1 aliphatic heterocycles. The highest BCUT2D eigenvalue weighted by Crippen LogP contribution is 2.19. The SMILES string of the molecule is CCOC(=O)C1=NOC(=O)C1C.CCOC(=O)c1noc(Br)c1C. The van der Waals surface area contributed by atoms with Gasteiger partial charge >= 0.3 is 17.9 Å². The smallest absolute Gasteiger partial charge is 0.360 e. The van der Waals surface area contributed by atoms with Crippen molar-refractivity contribution in [2.75, 3.05) is 13.2 Å². The van der Waals surface area contributed by atoms with E-state index in [1.165, 1.54) is 0 Å². The molecular formula is C14H17BrN2O7. The summed E-state index contributed by atoms with van der Waals surface area (Å²) in [6.07, 6.45) is 0. The molecule has 2 heterocycles. The number of nitrogens with zero attached hydrogens (tertiary/aromatic N) is 2. The molecule has 0 amide bonds. The molecule has 0 saturated carbocycles. The van der Waals surface area contributed by atoms with Crippen molar-refractivity contribution in [2.45, 2.75) is 27.7 Å². The zero-order valence-electron chi connectivity index (χ0n) is 13.6. The summed E-state index contributed by atoms with van der Waals surface area (Å²) in [5, 5.41) is 6.85. The third-order valence-corrected chi connectivity index (χ3v) is 3.56. The molecule has 1 aromatic rings. The maximum absolute atomic E-state index is 11.1. The van der Waals surface area contributed by atoms with Gasteiger partial charge in [0.2, 0.25) is 4.67 Å². The van der Waals surface area contributed by atoms with Crippen LogP contribution < -0.4 is 0 Å². The summed E-state index contributed by atoms with van der Waals surface area (Å²) in [7, 11) is 0. The average Bonchev–Trinajstić information content (AvgIpc) is 3.04. The molecule has 0 N–H and O–H groups in total. The minimum Gasteiger partial charge on any atom is -0.461 e. The van der Waals surface area contributed by atoms with Gasteiger partial charge in [0.05, 0.1) is 13.2 Å². The van der Waals surface area contributed by atoms with Crippen molar-refractivity contribution in [3.8, 4) is 0 Å². The van der Waals surface area contributed by atoms with Crippen LogP contribution in [0.5, 0.6) is 0 Å². The third-order valence-electron chi connectivity index (χ3n) is 2.82. The Bertz CT molecular complexity index is 654. The lowest BCUT2D eigenvalue weighted by atomic mass is 10.1. The Morgan fingerprint density at radius 1 is 1.21 bits per heavy atom. The number of ether oxygens (including phenoxy) is 2. The Kier molecular flexibility index (Phi) is 7.56. The van der Waals surface area contributed by atoms with Gasteiger partial charge in [-0.1, -0.05) is 10.3 Å². The highest BCUT2D eigenvalue weighted by atomic mass is 79.9. The highest BCUT2D eigenvalue weighted by Gasteiger charge is 2.34. The van der Waals surface area contributed by atoms with E-state index in [-0.39, 0.29) is 18.0 Å². The quantitative estimate of drug-likeness (QED) is 0.552. The molecule has 132 valence electrons. The number of halogens is 1. The van der Waals surface area contributed by atoms with Crippen LogP contribution in [0.1, 0.15) is 36.8 Å². The van der Waals surface area contributed by atoms with Gasteiger partial charge in [0.15, 0.2) is 11.4 Å². The molecule has 0 aromatic carbocycles. The topological polar surface area (TPSA) is 117 Å². The van der Waals surface area contributed by atoms with E-state index in [4.69, 9.17) is 9.26 Å². The van der Waals surface area contributed by atoms with Crippen molar-refractivity contribution >= 4 is 39.5 Å². The van der Waals surface area contributed by atoms with Crippen molar-refractivity contribution in [1.29, 1.82) is 0 Å². The van der Waals surface area contributed by atoms with Gasteiger partial charge in [0, 0.05) is 5.56 Å². The number of hydrogen-bond donors (Lipinski definition) is 0. The minimum absolute atomic E-state index is 0.0434. The fourth-order valence-electron chi connectivity index (χ4n) is 1.49. The third kappa shape index (κ3) is 4.88. The first-order chi connectivity index (χ1) is 11.3. The number of carbonyl (C=O) groups excluding carboxylic acids is 3. The van der Waals surface area contributed by atoms with E-state index in [0.29, 0.717) is 16.8 Å². The van der Waals surface area contributed by atoms with E-state index < -0.39 is 23.8 Å². The van der Waals surface area contributed by atoms with Crippen molar-refractivity contribution in [3.05, 3.63) is 15.9 Å². The first-order valence-electron chi connectivity index (χ1n) is 7.08. The van der Waals surface area contributed by atoms with Crippen molar-refractivity contribution in [3.63, 3.8) is 0 Å². The molecule has 1 atom stereocenters. The van der Waals surface area contributed by atoms with E-state index in [2.05, 4.69) is 35.8 Å². The van der Waals surface area contributed by atoms with Crippen LogP contribution in [0.3, 0.4) is 0 Å². The van der Waals surface area contributed by atoms with Crippen molar-refractivity contribution < 1.29 is 33.2 Å². The maximum atomic E-state index is 11.1. The summed E-state index contributed by atoms with van der Waals surface area (Å²) < 4.78 is 14.6. The second kappa shape index (κ2) is 9.16. The van der Waals surface area contributed by atoms with Gasteiger partial charge in [-0.2, -0.15) is 0 Å². The second-order valence-electron chi connectivity index (χ2n) is 4.48. The Balaban J connectivity index is 0.000000240.